The number of nitrogens with one attached hydrogen (secondary N) is 2. The van der Waals surface area contributed by atoms with Crippen molar-refractivity contribution in [2.24, 2.45) is 0 Å². The van der Waals surface area contributed by atoms with Gasteiger partial charge >= 0.3 is 0 Å². The summed E-state index contributed by atoms with van der Waals surface area (Å²) in [6.45, 7) is 6.08. The van der Waals surface area contributed by atoms with Crippen molar-refractivity contribution in [1.29, 1.82) is 0 Å². The zero-order valence-electron chi connectivity index (χ0n) is 16.7. The van der Waals surface area contributed by atoms with Crippen LogP contribution in [0, 0.1) is 6.92 Å². The predicted molar refractivity (Wildman–Crippen MR) is 111 cm³/mol. The Labute approximate surface area is 165 Å². The minimum Gasteiger partial charge on any atom is -0.378 e. The number of aryl methyl sites for hydroxylation is 1. The van der Waals surface area contributed by atoms with Gasteiger partial charge in [-0.25, -0.2) is 4.98 Å². The zero-order chi connectivity index (χ0) is 19.9. The van der Waals surface area contributed by atoms with Crippen molar-refractivity contribution in [2.45, 2.75) is 6.92 Å². The number of nitrogens with zero attached hydrogens (tertiary/aromatic N) is 4. The third-order valence-corrected chi connectivity index (χ3v) is 4.52. The number of benzene rings is 1. The predicted octanol–water partition coefficient (Wildman–Crippen LogP) is 1.53. The van der Waals surface area contributed by atoms with Crippen LogP contribution in [0.2, 0.25) is 0 Å². The van der Waals surface area contributed by atoms with Crippen molar-refractivity contribution in [2.75, 3.05) is 68.6 Å². The Bertz CT molecular complexity index is 788. The first-order valence-electron chi connectivity index (χ1n) is 9.51. The summed E-state index contributed by atoms with van der Waals surface area (Å²) < 4.78 is 5.39. The van der Waals surface area contributed by atoms with E-state index in [2.05, 4.69) is 25.5 Å². The molecule has 0 unspecified atom stereocenters. The number of carbonyl (C=O) groups excluding carboxylic acids is 1. The molecule has 1 aliphatic rings. The van der Waals surface area contributed by atoms with E-state index in [9.17, 15) is 4.79 Å². The fraction of sp³-hybridized carbons (Fsp3) is 0.450. The van der Waals surface area contributed by atoms with Crippen LogP contribution in [0.1, 0.15) is 16.1 Å². The molecule has 1 aliphatic heterocycles. The number of morpholine rings is 1. The maximum atomic E-state index is 12.2. The van der Waals surface area contributed by atoms with Crippen molar-refractivity contribution < 1.29 is 9.53 Å². The van der Waals surface area contributed by atoms with Gasteiger partial charge in [0, 0.05) is 63.3 Å². The molecule has 150 valence electrons. The average Bonchev–Trinajstić information content (AvgIpc) is 2.71. The summed E-state index contributed by atoms with van der Waals surface area (Å²) in [6.07, 6.45) is 0. The second-order valence-corrected chi connectivity index (χ2v) is 6.91. The molecule has 1 aromatic heterocycles. The first-order chi connectivity index (χ1) is 13.5. The lowest BCUT2D eigenvalue weighted by atomic mass is 10.2. The van der Waals surface area contributed by atoms with E-state index in [1.165, 1.54) is 0 Å². The number of amides is 1. The van der Waals surface area contributed by atoms with Gasteiger partial charge in [0.05, 0.1) is 13.2 Å². The minimum absolute atomic E-state index is 0.0914. The van der Waals surface area contributed by atoms with Crippen LogP contribution in [0.25, 0.3) is 0 Å². The van der Waals surface area contributed by atoms with Gasteiger partial charge in [-0.05, 0) is 31.2 Å². The Morgan fingerprint density at radius 2 is 1.86 bits per heavy atom. The second-order valence-electron chi connectivity index (χ2n) is 6.91. The molecule has 8 heteroatoms. The number of anilines is 3. The number of ether oxygens (including phenoxy) is 1. The van der Waals surface area contributed by atoms with Crippen LogP contribution in [0.3, 0.4) is 0 Å². The summed E-state index contributed by atoms with van der Waals surface area (Å²) >= 11 is 0. The van der Waals surface area contributed by atoms with Gasteiger partial charge < -0.3 is 25.2 Å². The fourth-order valence-electron chi connectivity index (χ4n) is 2.95. The van der Waals surface area contributed by atoms with Crippen LogP contribution in [-0.2, 0) is 4.74 Å². The number of hydrogen-bond acceptors (Lipinski definition) is 7. The van der Waals surface area contributed by atoms with E-state index >= 15 is 0 Å². The highest BCUT2D eigenvalue weighted by Crippen LogP contribution is 2.16. The highest BCUT2D eigenvalue weighted by Gasteiger charge is 2.14. The lowest BCUT2D eigenvalue weighted by Gasteiger charge is -2.28. The van der Waals surface area contributed by atoms with E-state index < -0.39 is 0 Å². The van der Waals surface area contributed by atoms with Crippen LogP contribution in [0.4, 0.5) is 17.5 Å². The van der Waals surface area contributed by atoms with Crippen LogP contribution in [-0.4, -0.2) is 69.4 Å². The van der Waals surface area contributed by atoms with Gasteiger partial charge in [0.15, 0.2) is 0 Å². The van der Waals surface area contributed by atoms with Crippen LogP contribution < -0.4 is 20.4 Å². The molecule has 3 rings (SSSR count). The van der Waals surface area contributed by atoms with Gasteiger partial charge in [-0.1, -0.05) is 0 Å². The molecule has 0 aliphatic carbocycles. The molecule has 2 aromatic rings. The minimum atomic E-state index is -0.0914. The molecule has 28 heavy (non-hydrogen) atoms. The van der Waals surface area contributed by atoms with E-state index in [0.29, 0.717) is 37.8 Å². The number of hydrogen-bond donors (Lipinski definition) is 2. The van der Waals surface area contributed by atoms with Crippen molar-refractivity contribution in [3.63, 3.8) is 0 Å². The number of rotatable bonds is 7. The maximum Gasteiger partial charge on any atom is 0.251 e. The Kier molecular flexibility index (Phi) is 6.65. The number of carbonyl (C=O) groups is 1. The van der Waals surface area contributed by atoms with Gasteiger partial charge in [0.1, 0.15) is 5.82 Å². The Balaban J connectivity index is 1.49. The van der Waals surface area contributed by atoms with Crippen molar-refractivity contribution in [3.8, 4) is 0 Å². The maximum absolute atomic E-state index is 12.2. The SMILES string of the molecule is Cc1cc(N2CCOCC2)nc(NCCNC(=O)c2ccc(N(C)C)cc2)n1. The van der Waals surface area contributed by atoms with E-state index in [1.807, 2.05) is 56.3 Å². The van der Waals surface area contributed by atoms with E-state index in [4.69, 9.17) is 4.74 Å². The van der Waals surface area contributed by atoms with Crippen LogP contribution >= 0.6 is 0 Å². The molecule has 1 saturated heterocycles. The topological polar surface area (TPSA) is 82.6 Å². The molecule has 1 amide bonds. The first kappa shape index (κ1) is 19.9. The smallest absolute Gasteiger partial charge is 0.251 e. The summed E-state index contributed by atoms with van der Waals surface area (Å²) in [5.74, 6) is 1.39. The Morgan fingerprint density at radius 3 is 2.54 bits per heavy atom. The molecule has 0 saturated carbocycles. The van der Waals surface area contributed by atoms with E-state index in [0.717, 1.165) is 30.3 Å². The normalized spacial score (nSPS) is 13.9. The molecule has 2 N–H and O–H groups in total. The Morgan fingerprint density at radius 1 is 1.14 bits per heavy atom. The van der Waals surface area contributed by atoms with E-state index in [-0.39, 0.29) is 5.91 Å². The molecule has 8 nitrogen and oxygen atoms in total. The quantitative estimate of drug-likeness (QED) is 0.701. The standard InChI is InChI=1S/C20H28N6O2/c1-15-14-18(26-10-12-28-13-11-26)24-20(23-15)22-9-8-21-19(27)16-4-6-17(7-5-16)25(2)3/h4-7,14H,8-13H2,1-3H3,(H,21,27)(H,22,23,24). The Hall–Kier alpha value is -2.87. The largest absolute Gasteiger partial charge is 0.378 e. The molecule has 0 atom stereocenters. The van der Waals surface area contributed by atoms with Crippen LogP contribution in [0.5, 0.6) is 0 Å². The molecule has 1 aromatic carbocycles. The summed E-state index contributed by atoms with van der Waals surface area (Å²) in [6, 6.07) is 9.50. The summed E-state index contributed by atoms with van der Waals surface area (Å²) in [5, 5.41) is 6.11. The highest BCUT2D eigenvalue weighted by molar-refractivity contribution is 5.94. The third-order valence-electron chi connectivity index (χ3n) is 4.52. The zero-order valence-corrected chi connectivity index (χ0v) is 16.7. The van der Waals surface area contributed by atoms with Gasteiger partial charge in [0.25, 0.3) is 5.91 Å². The van der Waals surface area contributed by atoms with Crippen molar-refractivity contribution >= 4 is 23.4 Å². The monoisotopic (exact) mass is 384 g/mol. The second kappa shape index (κ2) is 9.36. The lowest BCUT2D eigenvalue weighted by Crippen LogP contribution is -2.37. The summed E-state index contributed by atoms with van der Waals surface area (Å²) in [4.78, 5) is 25.5. The van der Waals surface area contributed by atoms with Gasteiger partial charge in [-0.2, -0.15) is 4.98 Å². The molecule has 0 spiro atoms. The van der Waals surface area contributed by atoms with Crippen LogP contribution in [0.15, 0.2) is 30.3 Å². The molecule has 0 bridgehead atoms. The summed E-state index contributed by atoms with van der Waals surface area (Å²) in [5.41, 5.74) is 2.61. The van der Waals surface area contributed by atoms with Crippen molar-refractivity contribution in [1.82, 2.24) is 15.3 Å². The van der Waals surface area contributed by atoms with Gasteiger partial charge in [0.2, 0.25) is 5.95 Å². The van der Waals surface area contributed by atoms with Gasteiger partial charge in [-0.15, -0.1) is 0 Å². The average molecular weight is 384 g/mol. The molecular weight excluding hydrogens is 356 g/mol. The van der Waals surface area contributed by atoms with E-state index in [1.54, 1.807) is 0 Å². The molecule has 0 radical (unpaired) electrons. The highest BCUT2D eigenvalue weighted by atomic mass is 16.5. The fourth-order valence-corrected chi connectivity index (χ4v) is 2.95. The third kappa shape index (κ3) is 5.32. The van der Waals surface area contributed by atoms with Gasteiger partial charge in [-0.3, -0.25) is 4.79 Å². The van der Waals surface area contributed by atoms with Crippen molar-refractivity contribution in [3.05, 3.63) is 41.6 Å². The molecular formula is C20H28N6O2. The molecule has 1 fully saturated rings. The molecule has 2 heterocycles. The number of aromatic nitrogens is 2. The first-order valence-corrected chi connectivity index (χ1v) is 9.51. The summed E-state index contributed by atoms with van der Waals surface area (Å²) in [7, 11) is 3.94. The lowest BCUT2D eigenvalue weighted by molar-refractivity contribution is 0.0955.